The Labute approximate surface area is 104 Å². The van der Waals surface area contributed by atoms with Crippen molar-refractivity contribution in [2.24, 2.45) is 0 Å². The van der Waals surface area contributed by atoms with Crippen LogP contribution in [0.2, 0.25) is 0 Å². The number of carbonyl (C=O) groups is 1. The molecule has 0 aromatic carbocycles. The quantitative estimate of drug-likeness (QED) is 0.744. The Morgan fingerprint density at radius 3 is 3.11 bits per heavy atom. The van der Waals surface area contributed by atoms with Gasteiger partial charge in [-0.15, -0.1) is 0 Å². The summed E-state index contributed by atoms with van der Waals surface area (Å²) in [6.07, 6.45) is 5.32. The highest BCUT2D eigenvalue weighted by atomic mass is 16.2. The van der Waals surface area contributed by atoms with Crippen LogP contribution in [0.5, 0.6) is 0 Å². The largest absolute Gasteiger partial charge is 0.396 e. The fourth-order valence-corrected chi connectivity index (χ4v) is 2.49. The Hall–Kier alpha value is -2.24. The van der Waals surface area contributed by atoms with E-state index in [1.807, 2.05) is 23.2 Å². The number of nitrogens with zero attached hydrogens (tertiary/aromatic N) is 2. The molecular formula is C12H15N5O. The van der Waals surface area contributed by atoms with Crippen molar-refractivity contribution in [1.29, 1.82) is 0 Å². The summed E-state index contributed by atoms with van der Waals surface area (Å²) in [6.45, 7) is 0.751. The summed E-state index contributed by atoms with van der Waals surface area (Å²) >= 11 is 0. The molecule has 1 unspecified atom stereocenters. The minimum absolute atomic E-state index is 0.0814. The molecule has 3 heterocycles. The van der Waals surface area contributed by atoms with Gasteiger partial charge in [-0.05, 0) is 25.0 Å². The monoisotopic (exact) mass is 245 g/mol. The first-order valence-electron chi connectivity index (χ1n) is 6.00. The topological polar surface area (TPSA) is 90.8 Å². The van der Waals surface area contributed by atoms with Gasteiger partial charge in [0.15, 0.2) is 0 Å². The van der Waals surface area contributed by atoms with Gasteiger partial charge in [-0.25, -0.2) is 0 Å². The number of H-pyrrole nitrogens is 2. The minimum atomic E-state index is -0.0814. The molecule has 0 radical (unpaired) electrons. The number of hydrogen-bond acceptors (Lipinski definition) is 3. The van der Waals surface area contributed by atoms with Crippen LogP contribution in [-0.2, 0) is 0 Å². The molecule has 1 amide bonds. The van der Waals surface area contributed by atoms with Crippen LogP contribution in [0.1, 0.15) is 35.1 Å². The number of aromatic nitrogens is 3. The van der Waals surface area contributed by atoms with E-state index in [0.717, 1.165) is 25.1 Å². The van der Waals surface area contributed by atoms with Crippen LogP contribution in [-0.4, -0.2) is 32.5 Å². The van der Waals surface area contributed by atoms with E-state index in [9.17, 15) is 4.79 Å². The second-order valence-electron chi connectivity index (χ2n) is 4.48. The van der Waals surface area contributed by atoms with Crippen molar-refractivity contribution in [3.8, 4) is 0 Å². The fourth-order valence-electron chi connectivity index (χ4n) is 2.49. The molecular weight excluding hydrogens is 230 g/mol. The number of nitrogens with two attached hydrogens (primary N) is 1. The number of aromatic amines is 2. The third-order valence-electron chi connectivity index (χ3n) is 3.38. The number of carbonyl (C=O) groups excluding carboxylic acids is 1. The molecule has 1 aliphatic rings. The van der Waals surface area contributed by atoms with Gasteiger partial charge in [-0.2, -0.15) is 5.10 Å². The second-order valence-corrected chi connectivity index (χ2v) is 4.48. The average molecular weight is 245 g/mol. The summed E-state index contributed by atoms with van der Waals surface area (Å²) < 4.78 is 0. The Kier molecular flexibility index (Phi) is 2.55. The van der Waals surface area contributed by atoms with E-state index < -0.39 is 0 Å². The maximum Gasteiger partial charge on any atom is 0.274 e. The van der Waals surface area contributed by atoms with E-state index in [2.05, 4.69) is 15.2 Å². The van der Waals surface area contributed by atoms with Crippen molar-refractivity contribution in [2.75, 3.05) is 12.3 Å². The first kappa shape index (κ1) is 10.9. The third kappa shape index (κ3) is 1.66. The number of rotatable bonds is 2. The molecule has 1 aliphatic heterocycles. The van der Waals surface area contributed by atoms with Crippen LogP contribution >= 0.6 is 0 Å². The van der Waals surface area contributed by atoms with E-state index in [1.165, 1.54) is 6.20 Å². The van der Waals surface area contributed by atoms with E-state index >= 15 is 0 Å². The maximum absolute atomic E-state index is 12.4. The zero-order valence-corrected chi connectivity index (χ0v) is 9.89. The summed E-state index contributed by atoms with van der Waals surface area (Å²) in [5.41, 5.74) is 7.58. The van der Waals surface area contributed by atoms with Crippen molar-refractivity contribution in [2.45, 2.75) is 18.9 Å². The number of hydrogen-bond donors (Lipinski definition) is 3. The SMILES string of the molecule is Nc1cn[nH]c1C(=O)N1CCCC1c1ccc[nH]1. The summed E-state index contributed by atoms with van der Waals surface area (Å²) in [7, 11) is 0. The Morgan fingerprint density at radius 1 is 1.56 bits per heavy atom. The number of anilines is 1. The predicted molar refractivity (Wildman–Crippen MR) is 66.8 cm³/mol. The molecule has 0 saturated carbocycles. The van der Waals surface area contributed by atoms with Gasteiger partial charge in [0.05, 0.1) is 17.9 Å². The van der Waals surface area contributed by atoms with Crippen molar-refractivity contribution >= 4 is 11.6 Å². The van der Waals surface area contributed by atoms with Crippen molar-refractivity contribution in [3.05, 3.63) is 35.9 Å². The number of likely N-dealkylation sites (tertiary alicyclic amines) is 1. The first-order chi connectivity index (χ1) is 8.77. The molecule has 4 N–H and O–H groups in total. The molecule has 0 aliphatic carbocycles. The molecule has 3 rings (SSSR count). The van der Waals surface area contributed by atoms with Gasteiger partial charge < -0.3 is 15.6 Å². The smallest absolute Gasteiger partial charge is 0.274 e. The lowest BCUT2D eigenvalue weighted by molar-refractivity contribution is 0.0728. The molecule has 1 saturated heterocycles. The molecule has 1 fully saturated rings. The van der Waals surface area contributed by atoms with Gasteiger partial charge in [-0.1, -0.05) is 0 Å². The molecule has 6 heteroatoms. The first-order valence-corrected chi connectivity index (χ1v) is 6.00. The summed E-state index contributed by atoms with van der Waals surface area (Å²) in [4.78, 5) is 17.4. The van der Waals surface area contributed by atoms with E-state index in [0.29, 0.717) is 11.4 Å². The highest BCUT2D eigenvalue weighted by Gasteiger charge is 2.32. The van der Waals surface area contributed by atoms with Gasteiger partial charge in [0.25, 0.3) is 5.91 Å². The highest BCUT2D eigenvalue weighted by molar-refractivity contribution is 5.97. The van der Waals surface area contributed by atoms with Gasteiger partial charge in [-0.3, -0.25) is 9.89 Å². The number of nitrogen functional groups attached to an aromatic ring is 1. The summed E-state index contributed by atoms with van der Waals surface area (Å²) in [5.74, 6) is -0.0814. The lowest BCUT2D eigenvalue weighted by Gasteiger charge is -2.23. The van der Waals surface area contributed by atoms with E-state index in [1.54, 1.807) is 0 Å². The van der Waals surface area contributed by atoms with E-state index in [4.69, 9.17) is 5.73 Å². The number of amides is 1. The minimum Gasteiger partial charge on any atom is -0.396 e. The fraction of sp³-hybridized carbons (Fsp3) is 0.333. The van der Waals surface area contributed by atoms with Crippen LogP contribution in [0.25, 0.3) is 0 Å². The molecule has 1 atom stereocenters. The standard InChI is InChI=1S/C12H15N5O/c13-8-7-15-16-11(8)12(18)17-6-2-4-10(17)9-3-1-5-14-9/h1,3,5,7,10,14H,2,4,6,13H2,(H,15,16). The van der Waals surface area contributed by atoms with Crippen LogP contribution in [0, 0.1) is 0 Å². The van der Waals surface area contributed by atoms with Gasteiger partial charge in [0.1, 0.15) is 5.69 Å². The summed E-state index contributed by atoms with van der Waals surface area (Å²) in [5, 5.41) is 6.47. The highest BCUT2D eigenvalue weighted by Crippen LogP contribution is 2.32. The molecule has 2 aromatic heterocycles. The van der Waals surface area contributed by atoms with Gasteiger partial charge in [0.2, 0.25) is 0 Å². The van der Waals surface area contributed by atoms with Crippen LogP contribution < -0.4 is 5.73 Å². The molecule has 18 heavy (non-hydrogen) atoms. The van der Waals surface area contributed by atoms with Crippen LogP contribution in [0.15, 0.2) is 24.5 Å². The predicted octanol–water partition coefficient (Wildman–Crippen LogP) is 1.30. The van der Waals surface area contributed by atoms with Crippen molar-refractivity contribution in [3.63, 3.8) is 0 Å². The van der Waals surface area contributed by atoms with Crippen molar-refractivity contribution in [1.82, 2.24) is 20.1 Å². The molecule has 0 bridgehead atoms. The van der Waals surface area contributed by atoms with Gasteiger partial charge in [0, 0.05) is 18.4 Å². The second kappa shape index (κ2) is 4.21. The Morgan fingerprint density at radius 2 is 2.44 bits per heavy atom. The van der Waals surface area contributed by atoms with E-state index in [-0.39, 0.29) is 11.9 Å². The molecule has 0 spiro atoms. The molecule has 2 aromatic rings. The van der Waals surface area contributed by atoms with Crippen LogP contribution in [0.4, 0.5) is 5.69 Å². The van der Waals surface area contributed by atoms with Gasteiger partial charge >= 0.3 is 0 Å². The molecule has 94 valence electrons. The zero-order chi connectivity index (χ0) is 12.5. The third-order valence-corrected chi connectivity index (χ3v) is 3.38. The number of nitrogens with one attached hydrogen (secondary N) is 2. The molecule has 6 nitrogen and oxygen atoms in total. The Bertz CT molecular complexity index is 545. The summed E-state index contributed by atoms with van der Waals surface area (Å²) in [6, 6.07) is 4.06. The van der Waals surface area contributed by atoms with Crippen LogP contribution in [0.3, 0.4) is 0 Å². The average Bonchev–Trinajstić information content (AvgIpc) is 3.09. The maximum atomic E-state index is 12.4. The lowest BCUT2D eigenvalue weighted by Crippen LogP contribution is -2.31. The zero-order valence-electron chi connectivity index (χ0n) is 9.89. The lowest BCUT2D eigenvalue weighted by atomic mass is 10.1. The Balaban J connectivity index is 1.88. The van der Waals surface area contributed by atoms with Crippen molar-refractivity contribution < 1.29 is 4.79 Å². The normalized spacial score (nSPS) is 19.3.